The van der Waals surface area contributed by atoms with Crippen molar-refractivity contribution in [3.05, 3.63) is 47.1 Å². The van der Waals surface area contributed by atoms with Gasteiger partial charge in [-0.25, -0.2) is 8.78 Å². The minimum atomic E-state index is -0.882. The van der Waals surface area contributed by atoms with Gasteiger partial charge in [-0.2, -0.15) is 4.98 Å². The lowest BCUT2D eigenvalue weighted by Gasteiger charge is -2.02. The lowest BCUT2D eigenvalue weighted by molar-refractivity contribution is 0.371. The van der Waals surface area contributed by atoms with Crippen LogP contribution in [0.5, 0.6) is 0 Å². The molecule has 2 N–H and O–H groups in total. The smallest absolute Gasteiger partial charge is 0.231 e. The summed E-state index contributed by atoms with van der Waals surface area (Å²) in [6.07, 6.45) is 2.21. The Hall–Kier alpha value is -1.82. The van der Waals surface area contributed by atoms with Gasteiger partial charge in [-0.1, -0.05) is 17.3 Å². The zero-order valence-electron chi connectivity index (χ0n) is 10.1. The van der Waals surface area contributed by atoms with Crippen LogP contribution in [0.3, 0.4) is 0 Å². The van der Waals surface area contributed by atoms with Crippen molar-refractivity contribution in [3.8, 4) is 0 Å². The number of hydrogen-bond donors (Lipinski definition) is 1. The first-order valence-corrected chi connectivity index (χ1v) is 6.16. The predicted octanol–water partition coefficient (Wildman–Crippen LogP) is 2.35. The van der Waals surface area contributed by atoms with Crippen molar-refractivity contribution in [3.63, 3.8) is 0 Å². The summed E-state index contributed by atoms with van der Waals surface area (Å²) in [6.45, 7) is 0. The van der Waals surface area contributed by atoms with Gasteiger partial charge in [0.1, 0.15) is 0 Å². The molecule has 0 aliphatic heterocycles. The van der Waals surface area contributed by atoms with Crippen LogP contribution in [0.1, 0.15) is 36.2 Å². The van der Waals surface area contributed by atoms with Crippen molar-refractivity contribution >= 4 is 0 Å². The van der Waals surface area contributed by atoms with E-state index in [1.165, 1.54) is 12.1 Å². The van der Waals surface area contributed by atoms with Crippen molar-refractivity contribution in [2.24, 2.45) is 11.7 Å². The van der Waals surface area contributed by atoms with Gasteiger partial charge in [-0.3, -0.25) is 0 Å². The first kappa shape index (κ1) is 12.2. The van der Waals surface area contributed by atoms with Crippen LogP contribution in [0.2, 0.25) is 0 Å². The number of aromatic nitrogens is 2. The first-order valence-electron chi connectivity index (χ1n) is 6.16. The molecular weight excluding hydrogens is 252 g/mol. The molecule has 1 unspecified atom stereocenters. The van der Waals surface area contributed by atoms with Gasteiger partial charge in [0, 0.05) is 5.56 Å². The zero-order chi connectivity index (χ0) is 13.4. The molecule has 0 spiro atoms. The van der Waals surface area contributed by atoms with E-state index >= 15 is 0 Å². The highest BCUT2D eigenvalue weighted by molar-refractivity contribution is 5.21. The molecule has 100 valence electrons. The molecular formula is C13H13F2N3O. The second-order valence-electron chi connectivity index (χ2n) is 4.80. The second-order valence-corrected chi connectivity index (χ2v) is 4.80. The molecule has 1 aliphatic carbocycles. The molecule has 1 aromatic heterocycles. The van der Waals surface area contributed by atoms with Crippen LogP contribution < -0.4 is 5.73 Å². The maximum atomic E-state index is 13.5. The minimum Gasteiger partial charge on any atom is -0.339 e. The third kappa shape index (κ3) is 2.49. The first-order chi connectivity index (χ1) is 9.15. The topological polar surface area (TPSA) is 64.9 Å². The van der Waals surface area contributed by atoms with E-state index in [0.29, 0.717) is 11.7 Å². The fourth-order valence-electron chi connectivity index (χ4n) is 1.99. The van der Waals surface area contributed by atoms with Gasteiger partial charge in [0.05, 0.1) is 12.5 Å². The van der Waals surface area contributed by atoms with Gasteiger partial charge < -0.3 is 10.3 Å². The van der Waals surface area contributed by atoms with Crippen LogP contribution in [0.4, 0.5) is 8.78 Å². The molecule has 1 fully saturated rings. The molecule has 0 saturated heterocycles. The van der Waals surface area contributed by atoms with Gasteiger partial charge in [0.2, 0.25) is 5.89 Å². The van der Waals surface area contributed by atoms with Crippen molar-refractivity contribution in [1.82, 2.24) is 10.1 Å². The summed E-state index contributed by atoms with van der Waals surface area (Å²) in [7, 11) is 0. The third-order valence-electron chi connectivity index (χ3n) is 3.29. The van der Waals surface area contributed by atoms with E-state index in [4.69, 9.17) is 10.3 Å². The molecule has 1 saturated carbocycles. The van der Waals surface area contributed by atoms with Gasteiger partial charge in [-0.05, 0) is 24.8 Å². The Balaban J connectivity index is 1.78. The van der Waals surface area contributed by atoms with E-state index in [9.17, 15) is 8.78 Å². The fourth-order valence-corrected chi connectivity index (χ4v) is 1.99. The Morgan fingerprint density at radius 2 is 2.16 bits per heavy atom. The summed E-state index contributed by atoms with van der Waals surface area (Å²) in [5.74, 6) is -0.665. The van der Waals surface area contributed by atoms with E-state index < -0.39 is 11.6 Å². The highest BCUT2D eigenvalue weighted by Gasteiger charge is 2.32. The van der Waals surface area contributed by atoms with E-state index in [0.717, 1.165) is 18.9 Å². The molecule has 1 aromatic carbocycles. The van der Waals surface area contributed by atoms with Crippen LogP contribution in [0, 0.1) is 17.6 Å². The second kappa shape index (κ2) is 4.70. The number of halogens is 2. The average molecular weight is 265 g/mol. The predicted molar refractivity (Wildman–Crippen MR) is 63.1 cm³/mol. The summed E-state index contributed by atoms with van der Waals surface area (Å²) in [4.78, 5) is 4.15. The van der Waals surface area contributed by atoms with Gasteiger partial charge >= 0.3 is 0 Å². The minimum absolute atomic E-state index is 0.0635. The molecule has 0 bridgehead atoms. The van der Waals surface area contributed by atoms with Crippen molar-refractivity contribution in [1.29, 1.82) is 0 Å². The van der Waals surface area contributed by atoms with E-state index in [2.05, 4.69) is 10.1 Å². The maximum Gasteiger partial charge on any atom is 0.231 e. The third-order valence-corrected chi connectivity index (χ3v) is 3.29. The quantitative estimate of drug-likeness (QED) is 0.921. The Bertz CT molecular complexity index is 595. The number of nitrogens with zero attached hydrogens (tertiary/aromatic N) is 2. The van der Waals surface area contributed by atoms with E-state index in [-0.39, 0.29) is 23.9 Å². The number of rotatable bonds is 4. The number of hydrogen-bond acceptors (Lipinski definition) is 4. The highest BCUT2D eigenvalue weighted by atomic mass is 19.2. The van der Waals surface area contributed by atoms with E-state index in [1.54, 1.807) is 0 Å². The summed E-state index contributed by atoms with van der Waals surface area (Å²) < 4.78 is 31.6. The van der Waals surface area contributed by atoms with E-state index in [1.807, 2.05) is 0 Å². The fraction of sp³-hybridized carbons (Fsp3) is 0.385. The van der Waals surface area contributed by atoms with Crippen molar-refractivity contribution < 1.29 is 13.3 Å². The van der Waals surface area contributed by atoms with Crippen molar-refractivity contribution in [2.75, 3.05) is 0 Å². The van der Waals surface area contributed by atoms with Crippen LogP contribution in [-0.4, -0.2) is 10.1 Å². The Morgan fingerprint density at radius 3 is 2.89 bits per heavy atom. The number of benzene rings is 1. The molecule has 1 atom stereocenters. The lowest BCUT2D eigenvalue weighted by atomic mass is 10.1. The average Bonchev–Trinajstić information content (AvgIpc) is 3.14. The number of nitrogens with two attached hydrogens (primary N) is 1. The summed E-state index contributed by atoms with van der Waals surface area (Å²) in [5, 5.41) is 3.80. The molecule has 19 heavy (non-hydrogen) atoms. The Morgan fingerprint density at radius 1 is 1.37 bits per heavy atom. The largest absolute Gasteiger partial charge is 0.339 e. The molecule has 4 nitrogen and oxygen atoms in total. The molecule has 3 rings (SSSR count). The van der Waals surface area contributed by atoms with Gasteiger partial charge in [0.25, 0.3) is 0 Å². The highest BCUT2D eigenvalue weighted by Crippen LogP contribution is 2.38. The molecule has 6 heteroatoms. The summed E-state index contributed by atoms with van der Waals surface area (Å²) in [6, 6.07) is 3.78. The Labute approximate surface area is 108 Å². The molecule has 2 aromatic rings. The maximum absolute atomic E-state index is 13.5. The molecule has 0 radical (unpaired) electrons. The standard InChI is InChI=1S/C13H13F2N3O/c14-9-3-1-2-8(11(9)15)6-10-17-13(18-19-10)12(16)7-4-5-7/h1-3,7,12H,4-6,16H2. The van der Waals surface area contributed by atoms with Crippen molar-refractivity contribution in [2.45, 2.75) is 25.3 Å². The lowest BCUT2D eigenvalue weighted by Crippen LogP contribution is -2.14. The molecule has 0 amide bonds. The zero-order valence-corrected chi connectivity index (χ0v) is 10.1. The Kier molecular flexibility index (Phi) is 3.02. The molecule has 1 aliphatic rings. The molecule has 1 heterocycles. The van der Waals surface area contributed by atoms with Crippen LogP contribution in [0.15, 0.2) is 22.7 Å². The van der Waals surface area contributed by atoms with Crippen LogP contribution >= 0.6 is 0 Å². The van der Waals surface area contributed by atoms with Crippen LogP contribution in [-0.2, 0) is 6.42 Å². The SMILES string of the molecule is NC(c1noc(Cc2cccc(F)c2F)n1)C1CC1. The monoisotopic (exact) mass is 265 g/mol. The van der Waals surface area contributed by atoms with Gasteiger partial charge in [-0.15, -0.1) is 0 Å². The van der Waals surface area contributed by atoms with Gasteiger partial charge in [0.15, 0.2) is 17.5 Å². The summed E-state index contributed by atoms with van der Waals surface area (Å²) >= 11 is 0. The normalized spacial score (nSPS) is 16.6. The summed E-state index contributed by atoms with van der Waals surface area (Å²) in [5.41, 5.74) is 6.13. The van der Waals surface area contributed by atoms with Crippen LogP contribution in [0.25, 0.3) is 0 Å².